The number of morpholine rings is 1. The first kappa shape index (κ1) is 15.0. The lowest BCUT2D eigenvalue weighted by Crippen LogP contribution is -2.41. The largest absolute Gasteiger partial charge is 0.376 e. The number of rotatable bonds is 7. The molecule has 3 rings (SSSR count). The summed E-state index contributed by atoms with van der Waals surface area (Å²) in [7, 11) is 0. The molecule has 1 heterocycles. The smallest absolute Gasteiger partial charge is 0.0700 e. The Morgan fingerprint density at radius 1 is 1.19 bits per heavy atom. The Balaban J connectivity index is 1.44. The zero-order valence-corrected chi connectivity index (χ0v) is 13.2. The van der Waals surface area contributed by atoms with Crippen LogP contribution in [0, 0.1) is 0 Å². The molecule has 1 saturated carbocycles. The van der Waals surface area contributed by atoms with Crippen LogP contribution in [0.3, 0.4) is 0 Å². The van der Waals surface area contributed by atoms with Crippen LogP contribution in [-0.2, 0) is 17.7 Å². The number of hydrogen-bond donors (Lipinski definition) is 1. The molecule has 0 spiro atoms. The molecule has 1 aliphatic heterocycles. The van der Waals surface area contributed by atoms with E-state index in [-0.39, 0.29) is 0 Å². The quantitative estimate of drug-likeness (QED) is 0.834. The summed E-state index contributed by atoms with van der Waals surface area (Å²) in [6.07, 6.45) is 5.43. The Hall–Kier alpha value is -0.900. The van der Waals surface area contributed by atoms with Gasteiger partial charge in [0.2, 0.25) is 0 Å². The Labute approximate surface area is 128 Å². The zero-order valence-electron chi connectivity index (χ0n) is 13.2. The summed E-state index contributed by atoms with van der Waals surface area (Å²) in [6, 6.07) is 9.99. The van der Waals surface area contributed by atoms with Crippen molar-refractivity contribution < 1.29 is 4.74 Å². The lowest BCUT2D eigenvalue weighted by Gasteiger charge is -2.32. The van der Waals surface area contributed by atoms with Gasteiger partial charge in [0.15, 0.2) is 0 Å². The Kier molecular flexibility index (Phi) is 5.28. The van der Waals surface area contributed by atoms with E-state index in [1.54, 1.807) is 0 Å². The van der Waals surface area contributed by atoms with Gasteiger partial charge in [-0.05, 0) is 43.4 Å². The topological polar surface area (TPSA) is 24.5 Å². The summed E-state index contributed by atoms with van der Waals surface area (Å²) in [4.78, 5) is 2.52. The van der Waals surface area contributed by atoms with E-state index in [4.69, 9.17) is 4.74 Å². The molecule has 2 aliphatic rings. The number of ether oxygens (including phenoxy) is 1. The van der Waals surface area contributed by atoms with E-state index >= 15 is 0 Å². The highest BCUT2D eigenvalue weighted by atomic mass is 16.5. The second-order valence-corrected chi connectivity index (χ2v) is 6.43. The molecule has 0 bridgehead atoms. The van der Waals surface area contributed by atoms with Crippen molar-refractivity contribution in [2.24, 2.45) is 0 Å². The summed E-state index contributed by atoms with van der Waals surface area (Å²) in [6.45, 7) is 7.39. The van der Waals surface area contributed by atoms with Crippen molar-refractivity contribution in [3.05, 3.63) is 35.4 Å². The molecule has 0 aromatic heterocycles. The minimum atomic E-state index is 0.423. The van der Waals surface area contributed by atoms with Crippen LogP contribution in [0.15, 0.2) is 24.3 Å². The average Bonchev–Trinajstić information content (AvgIpc) is 3.34. The molecule has 0 radical (unpaired) electrons. The van der Waals surface area contributed by atoms with Crippen LogP contribution in [0.4, 0.5) is 0 Å². The van der Waals surface area contributed by atoms with Gasteiger partial charge >= 0.3 is 0 Å². The molecule has 1 aromatic rings. The Morgan fingerprint density at radius 2 is 1.95 bits per heavy atom. The number of nitrogens with zero attached hydrogens (tertiary/aromatic N) is 1. The van der Waals surface area contributed by atoms with Gasteiger partial charge in [-0.1, -0.05) is 31.2 Å². The SMILES string of the molecule is CCC1CN(Cc2ccc(CCNC3CC3)cc2)CCO1. The standard InChI is InChI=1S/C18H28N2O/c1-2-18-14-20(11-12-21-18)13-16-5-3-15(4-6-16)9-10-19-17-7-8-17/h3-6,17-19H,2,7-14H2,1H3. The van der Waals surface area contributed by atoms with Crippen molar-refractivity contribution in [2.45, 2.75) is 51.3 Å². The van der Waals surface area contributed by atoms with Crippen molar-refractivity contribution in [3.63, 3.8) is 0 Å². The average molecular weight is 288 g/mol. The van der Waals surface area contributed by atoms with E-state index in [9.17, 15) is 0 Å². The van der Waals surface area contributed by atoms with Gasteiger partial charge in [-0.3, -0.25) is 4.90 Å². The maximum absolute atomic E-state index is 5.73. The van der Waals surface area contributed by atoms with Gasteiger partial charge in [0, 0.05) is 25.7 Å². The summed E-state index contributed by atoms with van der Waals surface area (Å²) in [5.74, 6) is 0. The van der Waals surface area contributed by atoms with Crippen LogP contribution < -0.4 is 5.32 Å². The number of benzene rings is 1. The first-order chi connectivity index (χ1) is 10.3. The van der Waals surface area contributed by atoms with Crippen molar-refractivity contribution in [3.8, 4) is 0 Å². The highest BCUT2D eigenvalue weighted by Crippen LogP contribution is 2.18. The van der Waals surface area contributed by atoms with Gasteiger partial charge in [-0.2, -0.15) is 0 Å². The minimum Gasteiger partial charge on any atom is -0.376 e. The van der Waals surface area contributed by atoms with E-state index in [1.807, 2.05) is 0 Å². The molecule has 1 N–H and O–H groups in total. The normalized spacial score (nSPS) is 23.4. The first-order valence-corrected chi connectivity index (χ1v) is 8.48. The lowest BCUT2D eigenvalue weighted by molar-refractivity contribution is -0.0324. The van der Waals surface area contributed by atoms with Gasteiger partial charge in [0.25, 0.3) is 0 Å². The third-order valence-corrected chi connectivity index (χ3v) is 4.53. The van der Waals surface area contributed by atoms with Gasteiger partial charge in [-0.25, -0.2) is 0 Å². The van der Waals surface area contributed by atoms with Crippen molar-refractivity contribution >= 4 is 0 Å². The van der Waals surface area contributed by atoms with Crippen molar-refractivity contribution in [2.75, 3.05) is 26.2 Å². The molecule has 1 unspecified atom stereocenters. The molecule has 1 saturated heterocycles. The molecule has 1 atom stereocenters. The van der Waals surface area contributed by atoms with E-state index in [1.165, 1.54) is 24.0 Å². The van der Waals surface area contributed by atoms with Crippen molar-refractivity contribution in [1.29, 1.82) is 0 Å². The third-order valence-electron chi connectivity index (χ3n) is 4.53. The molecule has 1 aliphatic carbocycles. The van der Waals surface area contributed by atoms with Crippen LogP contribution in [-0.4, -0.2) is 43.3 Å². The van der Waals surface area contributed by atoms with Gasteiger partial charge in [0.1, 0.15) is 0 Å². The third kappa shape index (κ3) is 4.80. The Bertz CT molecular complexity index is 427. The molecular formula is C18H28N2O. The van der Waals surface area contributed by atoms with Crippen LogP contribution >= 0.6 is 0 Å². The fourth-order valence-corrected chi connectivity index (χ4v) is 2.95. The maximum Gasteiger partial charge on any atom is 0.0700 e. The molecule has 2 fully saturated rings. The lowest BCUT2D eigenvalue weighted by atomic mass is 10.1. The minimum absolute atomic E-state index is 0.423. The number of nitrogens with one attached hydrogen (secondary N) is 1. The highest BCUT2D eigenvalue weighted by Gasteiger charge is 2.20. The van der Waals surface area contributed by atoms with Gasteiger partial charge in [0.05, 0.1) is 12.7 Å². The maximum atomic E-state index is 5.73. The van der Waals surface area contributed by atoms with E-state index in [2.05, 4.69) is 41.4 Å². The predicted molar refractivity (Wildman–Crippen MR) is 86.5 cm³/mol. The summed E-state index contributed by atoms with van der Waals surface area (Å²) >= 11 is 0. The van der Waals surface area contributed by atoms with E-state index < -0.39 is 0 Å². The molecular weight excluding hydrogens is 260 g/mol. The van der Waals surface area contributed by atoms with Crippen molar-refractivity contribution in [1.82, 2.24) is 10.2 Å². The molecule has 3 heteroatoms. The summed E-state index contributed by atoms with van der Waals surface area (Å²) < 4.78 is 5.73. The molecule has 116 valence electrons. The van der Waals surface area contributed by atoms with Crippen LogP contribution in [0.1, 0.15) is 37.3 Å². The summed E-state index contributed by atoms with van der Waals surface area (Å²) in [5.41, 5.74) is 2.87. The fraction of sp³-hybridized carbons (Fsp3) is 0.667. The van der Waals surface area contributed by atoms with Crippen LogP contribution in [0.5, 0.6) is 0 Å². The number of hydrogen-bond acceptors (Lipinski definition) is 3. The van der Waals surface area contributed by atoms with Crippen LogP contribution in [0.2, 0.25) is 0 Å². The van der Waals surface area contributed by atoms with Gasteiger partial charge in [-0.15, -0.1) is 0 Å². The predicted octanol–water partition coefficient (Wildman–Crippen LogP) is 2.59. The second-order valence-electron chi connectivity index (χ2n) is 6.43. The molecule has 1 aromatic carbocycles. The summed E-state index contributed by atoms with van der Waals surface area (Å²) in [5, 5.41) is 3.57. The highest BCUT2D eigenvalue weighted by molar-refractivity contribution is 5.22. The first-order valence-electron chi connectivity index (χ1n) is 8.48. The Morgan fingerprint density at radius 3 is 2.67 bits per heavy atom. The zero-order chi connectivity index (χ0) is 14.5. The van der Waals surface area contributed by atoms with E-state index in [0.29, 0.717) is 6.10 Å². The van der Waals surface area contributed by atoms with Crippen LogP contribution in [0.25, 0.3) is 0 Å². The molecule has 0 amide bonds. The molecule has 3 nitrogen and oxygen atoms in total. The molecule has 21 heavy (non-hydrogen) atoms. The fourth-order valence-electron chi connectivity index (χ4n) is 2.95. The van der Waals surface area contributed by atoms with Gasteiger partial charge < -0.3 is 10.1 Å². The second kappa shape index (κ2) is 7.39. The monoisotopic (exact) mass is 288 g/mol. The van der Waals surface area contributed by atoms with E-state index in [0.717, 1.165) is 51.7 Å².